The SMILES string of the molecule is COc1ccc(C(C)=O)cc1CS(=O)(=O)C(C)C(C)C. The van der Waals surface area contributed by atoms with Crippen molar-refractivity contribution >= 4 is 15.6 Å². The van der Waals surface area contributed by atoms with Crippen LogP contribution in [0.1, 0.15) is 43.6 Å². The molecule has 0 bridgehead atoms. The Bertz CT molecular complexity index is 588. The summed E-state index contributed by atoms with van der Waals surface area (Å²) in [7, 11) is -1.79. The van der Waals surface area contributed by atoms with Gasteiger partial charge in [-0.2, -0.15) is 0 Å². The summed E-state index contributed by atoms with van der Waals surface area (Å²) in [6.45, 7) is 6.93. The molecule has 0 amide bonds. The van der Waals surface area contributed by atoms with Gasteiger partial charge in [-0.15, -0.1) is 0 Å². The Morgan fingerprint density at radius 2 is 1.85 bits per heavy atom. The number of hydrogen-bond acceptors (Lipinski definition) is 4. The van der Waals surface area contributed by atoms with E-state index in [0.29, 0.717) is 16.9 Å². The lowest BCUT2D eigenvalue weighted by Gasteiger charge is -2.17. The Labute approximate surface area is 121 Å². The first-order chi connectivity index (χ1) is 9.19. The first kappa shape index (κ1) is 16.7. The van der Waals surface area contributed by atoms with Crippen LogP contribution in [0.2, 0.25) is 0 Å². The number of ketones is 1. The lowest BCUT2D eigenvalue weighted by Crippen LogP contribution is -2.25. The van der Waals surface area contributed by atoms with E-state index in [-0.39, 0.29) is 17.5 Å². The molecule has 1 unspecified atom stereocenters. The quantitative estimate of drug-likeness (QED) is 0.758. The number of benzene rings is 1. The van der Waals surface area contributed by atoms with E-state index in [0.717, 1.165) is 0 Å². The molecule has 0 fully saturated rings. The third-order valence-corrected chi connectivity index (χ3v) is 5.94. The van der Waals surface area contributed by atoms with Gasteiger partial charge in [0.25, 0.3) is 0 Å². The molecule has 20 heavy (non-hydrogen) atoms. The van der Waals surface area contributed by atoms with Crippen LogP contribution in [0.25, 0.3) is 0 Å². The number of Topliss-reactive ketones (excluding diaryl/α,β-unsaturated/α-hetero) is 1. The van der Waals surface area contributed by atoms with Gasteiger partial charge >= 0.3 is 0 Å². The Morgan fingerprint density at radius 1 is 1.25 bits per heavy atom. The molecule has 112 valence electrons. The average Bonchev–Trinajstić information content (AvgIpc) is 2.36. The van der Waals surface area contributed by atoms with Crippen molar-refractivity contribution in [3.05, 3.63) is 29.3 Å². The van der Waals surface area contributed by atoms with Crippen LogP contribution in [0.4, 0.5) is 0 Å². The molecule has 0 aromatic heterocycles. The molecular formula is C15H22O4S. The molecule has 0 aliphatic rings. The van der Waals surface area contributed by atoms with E-state index >= 15 is 0 Å². The summed E-state index contributed by atoms with van der Waals surface area (Å²) < 4.78 is 29.9. The van der Waals surface area contributed by atoms with Crippen LogP contribution in [0.15, 0.2) is 18.2 Å². The van der Waals surface area contributed by atoms with E-state index in [1.807, 2.05) is 13.8 Å². The van der Waals surface area contributed by atoms with Crippen molar-refractivity contribution in [1.82, 2.24) is 0 Å². The summed E-state index contributed by atoms with van der Waals surface area (Å²) in [5.41, 5.74) is 1.03. The van der Waals surface area contributed by atoms with Crippen molar-refractivity contribution in [3.63, 3.8) is 0 Å². The van der Waals surface area contributed by atoms with Crippen molar-refractivity contribution in [2.75, 3.05) is 7.11 Å². The van der Waals surface area contributed by atoms with Crippen molar-refractivity contribution in [3.8, 4) is 5.75 Å². The zero-order valence-corrected chi connectivity index (χ0v) is 13.5. The van der Waals surface area contributed by atoms with Gasteiger partial charge in [-0.1, -0.05) is 13.8 Å². The zero-order valence-electron chi connectivity index (χ0n) is 12.6. The van der Waals surface area contributed by atoms with E-state index in [9.17, 15) is 13.2 Å². The van der Waals surface area contributed by atoms with Gasteiger partial charge in [-0.25, -0.2) is 8.42 Å². The minimum Gasteiger partial charge on any atom is -0.496 e. The van der Waals surface area contributed by atoms with Gasteiger partial charge in [0.05, 0.1) is 18.1 Å². The molecule has 0 spiro atoms. The fourth-order valence-electron chi connectivity index (χ4n) is 1.87. The molecule has 0 saturated carbocycles. The molecule has 1 aromatic rings. The Kier molecular flexibility index (Phi) is 5.34. The summed E-state index contributed by atoms with van der Waals surface area (Å²) in [6, 6.07) is 4.89. The second-order valence-electron chi connectivity index (χ2n) is 5.34. The van der Waals surface area contributed by atoms with E-state index < -0.39 is 15.1 Å². The molecule has 0 radical (unpaired) electrons. The predicted octanol–water partition coefficient (Wildman–Crippen LogP) is 2.86. The molecule has 0 aliphatic heterocycles. The smallest absolute Gasteiger partial charge is 0.159 e. The second kappa shape index (κ2) is 6.39. The Hall–Kier alpha value is -1.36. The summed E-state index contributed by atoms with van der Waals surface area (Å²) in [5.74, 6) is 0.330. The van der Waals surface area contributed by atoms with Crippen LogP contribution < -0.4 is 4.74 Å². The standard InChI is InChI=1S/C15H22O4S/c1-10(2)12(4)20(17,18)9-14-8-13(11(3)16)6-7-15(14)19-5/h6-8,10,12H,9H2,1-5H3. The summed E-state index contributed by atoms with van der Waals surface area (Å²) >= 11 is 0. The molecule has 0 saturated heterocycles. The highest BCUT2D eigenvalue weighted by molar-refractivity contribution is 7.91. The van der Waals surface area contributed by atoms with Gasteiger partial charge < -0.3 is 4.74 Å². The second-order valence-corrected chi connectivity index (χ2v) is 7.70. The molecule has 0 N–H and O–H groups in total. The molecule has 0 aliphatic carbocycles. The maximum atomic E-state index is 12.4. The van der Waals surface area contributed by atoms with Gasteiger partial charge in [-0.05, 0) is 38.0 Å². The van der Waals surface area contributed by atoms with Crippen LogP contribution in [-0.2, 0) is 15.6 Å². The number of ether oxygens (including phenoxy) is 1. The van der Waals surface area contributed by atoms with Gasteiger partial charge in [0, 0.05) is 11.1 Å². The molecule has 1 rings (SSSR count). The predicted molar refractivity (Wildman–Crippen MR) is 79.9 cm³/mol. The highest BCUT2D eigenvalue weighted by atomic mass is 32.2. The molecular weight excluding hydrogens is 276 g/mol. The van der Waals surface area contributed by atoms with Gasteiger partial charge in [-0.3, -0.25) is 4.79 Å². The number of methoxy groups -OCH3 is 1. The molecule has 5 heteroatoms. The molecule has 1 atom stereocenters. The van der Waals surface area contributed by atoms with Crippen LogP contribution in [0.5, 0.6) is 5.75 Å². The topological polar surface area (TPSA) is 60.4 Å². The molecule has 0 heterocycles. The lowest BCUT2D eigenvalue weighted by atomic mass is 10.1. The molecule has 4 nitrogen and oxygen atoms in total. The van der Waals surface area contributed by atoms with E-state index in [2.05, 4.69) is 0 Å². The first-order valence-electron chi connectivity index (χ1n) is 6.58. The van der Waals surface area contributed by atoms with E-state index in [4.69, 9.17) is 4.74 Å². The maximum Gasteiger partial charge on any atom is 0.159 e. The minimum atomic E-state index is -3.28. The van der Waals surface area contributed by atoms with E-state index in [1.165, 1.54) is 14.0 Å². The number of sulfone groups is 1. The first-order valence-corrected chi connectivity index (χ1v) is 8.30. The van der Waals surface area contributed by atoms with Crippen LogP contribution in [0, 0.1) is 5.92 Å². The van der Waals surface area contributed by atoms with Gasteiger partial charge in [0.1, 0.15) is 5.75 Å². The lowest BCUT2D eigenvalue weighted by molar-refractivity contribution is 0.101. The van der Waals surface area contributed by atoms with Crippen molar-refractivity contribution in [2.45, 2.75) is 38.7 Å². The zero-order chi connectivity index (χ0) is 15.5. The fourth-order valence-corrected chi connectivity index (χ4v) is 3.62. The van der Waals surface area contributed by atoms with Crippen molar-refractivity contribution in [2.24, 2.45) is 5.92 Å². The normalized spacial score (nSPS) is 13.3. The summed E-state index contributed by atoms with van der Waals surface area (Å²) in [6.07, 6.45) is 0. The highest BCUT2D eigenvalue weighted by Crippen LogP contribution is 2.25. The third kappa shape index (κ3) is 3.82. The van der Waals surface area contributed by atoms with Crippen LogP contribution in [-0.4, -0.2) is 26.6 Å². The largest absolute Gasteiger partial charge is 0.496 e. The Morgan fingerprint density at radius 3 is 2.30 bits per heavy atom. The van der Waals surface area contributed by atoms with Gasteiger partial charge in [0.2, 0.25) is 0 Å². The minimum absolute atomic E-state index is 0.0435. The number of carbonyl (C=O) groups is 1. The van der Waals surface area contributed by atoms with Gasteiger partial charge in [0.15, 0.2) is 15.6 Å². The van der Waals surface area contributed by atoms with E-state index in [1.54, 1.807) is 25.1 Å². The maximum absolute atomic E-state index is 12.4. The number of carbonyl (C=O) groups excluding carboxylic acids is 1. The summed E-state index contributed by atoms with van der Waals surface area (Å²) in [4.78, 5) is 11.4. The number of rotatable bonds is 6. The van der Waals surface area contributed by atoms with Crippen LogP contribution in [0.3, 0.4) is 0 Å². The monoisotopic (exact) mass is 298 g/mol. The summed E-state index contributed by atoms with van der Waals surface area (Å²) in [5, 5.41) is -0.437. The fraction of sp³-hybridized carbons (Fsp3) is 0.533. The van der Waals surface area contributed by atoms with Crippen molar-refractivity contribution in [1.29, 1.82) is 0 Å². The van der Waals surface area contributed by atoms with Crippen LogP contribution >= 0.6 is 0 Å². The average molecular weight is 298 g/mol. The Balaban J connectivity index is 3.19. The molecule has 1 aromatic carbocycles. The third-order valence-electron chi connectivity index (χ3n) is 3.55. The van der Waals surface area contributed by atoms with Crippen molar-refractivity contribution < 1.29 is 17.9 Å². The number of hydrogen-bond donors (Lipinski definition) is 0. The highest BCUT2D eigenvalue weighted by Gasteiger charge is 2.25.